The monoisotopic (exact) mass is 482 g/mol. The third-order valence-corrected chi connectivity index (χ3v) is 4.80. The number of hydrogen-bond acceptors (Lipinski definition) is 4. The summed E-state index contributed by atoms with van der Waals surface area (Å²) < 4.78 is 6.73. The number of hydrogen-bond donors (Lipinski definition) is 2. The van der Waals surface area contributed by atoms with Gasteiger partial charge in [0, 0.05) is 0 Å². The largest absolute Gasteiger partial charge is 0.506 e. The minimum absolute atomic E-state index is 0.110. The molecule has 2 N–H and O–H groups in total. The zero-order valence-electron chi connectivity index (χ0n) is 14.7. The Morgan fingerprint density at radius 2 is 1.92 bits per heavy atom. The number of nitrogens with one attached hydrogen (secondary N) is 1. The Morgan fingerprint density at radius 3 is 2.54 bits per heavy atom. The normalized spacial score (nSPS) is 11.2. The van der Waals surface area contributed by atoms with Crippen LogP contribution in [0.5, 0.6) is 11.5 Å². The van der Waals surface area contributed by atoms with Gasteiger partial charge in [-0.25, -0.2) is 5.43 Å². The number of nitrogens with zero attached hydrogens (tertiary/aromatic N) is 1. The van der Waals surface area contributed by atoms with E-state index in [1.54, 1.807) is 12.1 Å². The lowest BCUT2D eigenvalue weighted by Crippen LogP contribution is -2.25. The standard InChI is InChI=1S/C19H20Br2N2O3/c1-11(2)14-5-4-12(3)6-17(14)26-10-18(24)23-22-9-13-7-15(20)19(25)16(21)8-13/h4-9,11,25H,10H2,1-3H3,(H,23,24). The number of aryl methyl sites for hydroxylation is 1. The summed E-state index contributed by atoms with van der Waals surface area (Å²) in [5.41, 5.74) is 5.28. The molecule has 2 aromatic carbocycles. The summed E-state index contributed by atoms with van der Waals surface area (Å²) in [6.45, 7) is 6.02. The van der Waals surface area contributed by atoms with Crippen LogP contribution in [-0.4, -0.2) is 23.8 Å². The van der Waals surface area contributed by atoms with Crippen LogP contribution < -0.4 is 10.2 Å². The smallest absolute Gasteiger partial charge is 0.277 e. The number of aromatic hydroxyl groups is 1. The summed E-state index contributed by atoms with van der Waals surface area (Å²) in [5, 5.41) is 13.6. The van der Waals surface area contributed by atoms with Gasteiger partial charge >= 0.3 is 0 Å². The number of phenols is 1. The minimum Gasteiger partial charge on any atom is -0.506 e. The van der Waals surface area contributed by atoms with E-state index in [0.29, 0.717) is 26.2 Å². The lowest BCUT2D eigenvalue weighted by atomic mass is 10.0. The van der Waals surface area contributed by atoms with Crippen molar-refractivity contribution in [2.45, 2.75) is 26.7 Å². The Morgan fingerprint density at radius 1 is 1.27 bits per heavy atom. The van der Waals surface area contributed by atoms with E-state index in [1.807, 2.05) is 25.1 Å². The fourth-order valence-corrected chi connectivity index (χ4v) is 3.48. The quantitative estimate of drug-likeness (QED) is 0.454. The van der Waals surface area contributed by atoms with Crippen molar-refractivity contribution in [1.29, 1.82) is 0 Å². The Hall–Kier alpha value is -1.86. The molecule has 0 aliphatic heterocycles. The van der Waals surface area contributed by atoms with Gasteiger partial charge in [0.2, 0.25) is 0 Å². The first-order valence-electron chi connectivity index (χ1n) is 8.01. The maximum Gasteiger partial charge on any atom is 0.277 e. The molecule has 0 heterocycles. The van der Waals surface area contributed by atoms with Gasteiger partial charge in [0.1, 0.15) is 11.5 Å². The predicted molar refractivity (Wildman–Crippen MR) is 110 cm³/mol. The van der Waals surface area contributed by atoms with E-state index >= 15 is 0 Å². The molecular weight excluding hydrogens is 464 g/mol. The number of phenolic OH excluding ortho intramolecular Hbond substituents is 1. The van der Waals surface area contributed by atoms with Crippen LogP contribution in [0, 0.1) is 6.92 Å². The molecule has 0 spiro atoms. The molecule has 5 nitrogen and oxygen atoms in total. The van der Waals surface area contributed by atoms with Crippen LogP contribution in [0.25, 0.3) is 0 Å². The van der Waals surface area contributed by atoms with Crippen LogP contribution in [-0.2, 0) is 4.79 Å². The molecule has 0 unspecified atom stereocenters. The van der Waals surface area contributed by atoms with Crippen molar-refractivity contribution in [3.05, 3.63) is 56.0 Å². The van der Waals surface area contributed by atoms with Crippen molar-refractivity contribution in [2.75, 3.05) is 6.61 Å². The summed E-state index contributed by atoms with van der Waals surface area (Å²) in [6.07, 6.45) is 1.49. The van der Waals surface area contributed by atoms with Crippen LogP contribution >= 0.6 is 31.9 Å². The highest BCUT2D eigenvalue weighted by Crippen LogP contribution is 2.32. The van der Waals surface area contributed by atoms with Gasteiger partial charge in [-0.15, -0.1) is 0 Å². The van der Waals surface area contributed by atoms with Crippen LogP contribution in [0.2, 0.25) is 0 Å². The van der Waals surface area contributed by atoms with E-state index < -0.39 is 0 Å². The van der Waals surface area contributed by atoms with E-state index in [2.05, 4.69) is 56.2 Å². The first-order chi connectivity index (χ1) is 12.3. The van der Waals surface area contributed by atoms with E-state index in [9.17, 15) is 9.90 Å². The molecule has 0 radical (unpaired) electrons. The fourth-order valence-electron chi connectivity index (χ4n) is 2.26. The molecule has 2 rings (SSSR count). The number of hydrazone groups is 1. The second-order valence-corrected chi connectivity index (χ2v) is 7.82. The van der Waals surface area contributed by atoms with Crippen molar-refractivity contribution in [3.8, 4) is 11.5 Å². The first kappa shape index (κ1) is 20.5. The molecule has 0 fully saturated rings. The Balaban J connectivity index is 1.95. The molecule has 7 heteroatoms. The summed E-state index contributed by atoms with van der Waals surface area (Å²) in [5.74, 6) is 0.775. The third kappa shape index (κ3) is 5.57. The van der Waals surface area contributed by atoms with Crippen LogP contribution in [0.15, 0.2) is 44.4 Å². The average Bonchev–Trinajstić information content (AvgIpc) is 2.57. The predicted octanol–water partition coefficient (Wildman–Crippen LogP) is 4.88. The Bertz CT molecular complexity index is 813. The summed E-state index contributed by atoms with van der Waals surface area (Å²) in [4.78, 5) is 12.0. The molecule has 0 saturated carbocycles. The Kier molecular flexibility index (Phi) is 7.23. The van der Waals surface area contributed by atoms with E-state index in [-0.39, 0.29) is 18.3 Å². The zero-order chi connectivity index (χ0) is 19.3. The van der Waals surface area contributed by atoms with Gasteiger partial charge in [0.25, 0.3) is 5.91 Å². The van der Waals surface area contributed by atoms with Crippen molar-refractivity contribution < 1.29 is 14.6 Å². The van der Waals surface area contributed by atoms with Gasteiger partial charge in [-0.2, -0.15) is 5.10 Å². The zero-order valence-corrected chi connectivity index (χ0v) is 17.9. The topological polar surface area (TPSA) is 70.9 Å². The van der Waals surface area contributed by atoms with E-state index in [0.717, 1.165) is 11.1 Å². The average molecular weight is 484 g/mol. The molecule has 0 atom stereocenters. The molecular formula is C19H20Br2N2O3. The van der Waals surface area contributed by atoms with Gasteiger partial charge in [0.05, 0.1) is 15.2 Å². The number of ether oxygens (including phenoxy) is 1. The van der Waals surface area contributed by atoms with Crippen molar-refractivity contribution >= 4 is 44.0 Å². The summed E-state index contributed by atoms with van der Waals surface area (Å²) in [7, 11) is 0. The number of benzene rings is 2. The Labute approximate surface area is 169 Å². The molecule has 0 aromatic heterocycles. The fraction of sp³-hybridized carbons (Fsp3) is 0.263. The number of carbonyl (C=O) groups is 1. The second kappa shape index (κ2) is 9.19. The molecule has 0 aliphatic rings. The maximum absolute atomic E-state index is 12.0. The molecule has 138 valence electrons. The number of amides is 1. The van der Waals surface area contributed by atoms with Crippen molar-refractivity contribution in [2.24, 2.45) is 5.10 Å². The highest BCUT2D eigenvalue weighted by molar-refractivity contribution is 9.11. The molecule has 2 aromatic rings. The van der Waals surface area contributed by atoms with Gasteiger partial charge in [0.15, 0.2) is 6.61 Å². The van der Waals surface area contributed by atoms with Gasteiger partial charge in [-0.1, -0.05) is 26.0 Å². The minimum atomic E-state index is -0.352. The number of carbonyl (C=O) groups excluding carboxylic acids is 1. The SMILES string of the molecule is Cc1ccc(C(C)C)c(OCC(=O)NN=Cc2cc(Br)c(O)c(Br)c2)c1. The van der Waals surface area contributed by atoms with Gasteiger partial charge in [-0.05, 0) is 79.6 Å². The highest BCUT2D eigenvalue weighted by atomic mass is 79.9. The van der Waals surface area contributed by atoms with E-state index in [4.69, 9.17) is 4.74 Å². The number of rotatable bonds is 6. The number of halogens is 2. The molecule has 0 bridgehead atoms. The lowest BCUT2D eigenvalue weighted by molar-refractivity contribution is -0.123. The first-order valence-corrected chi connectivity index (χ1v) is 9.59. The molecule has 1 amide bonds. The van der Waals surface area contributed by atoms with Crippen LogP contribution in [0.3, 0.4) is 0 Å². The van der Waals surface area contributed by atoms with E-state index in [1.165, 1.54) is 6.21 Å². The third-order valence-electron chi connectivity index (χ3n) is 3.59. The second-order valence-electron chi connectivity index (χ2n) is 6.11. The highest BCUT2D eigenvalue weighted by Gasteiger charge is 2.10. The molecule has 26 heavy (non-hydrogen) atoms. The summed E-state index contributed by atoms with van der Waals surface area (Å²) >= 11 is 6.49. The van der Waals surface area contributed by atoms with Crippen molar-refractivity contribution in [3.63, 3.8) is 0 Å². The van der Waals surface area contributed by atoms with Crippen molar-refractivity contribution in [1.82, 2.24) is 5.43 Å². The summed E-state index contributed by atoms with van der Waals surface area (Å²) in [6, 6.07) is 9.35. The maximum atomic E-state index is 12.0. The molecule has 0 aliphatic carbocycles. The van der Waals surface area contributed by atoms with Gasteiger partial charge in [-0.3, -0.25) is 4.79 Å². The van der Waals surface area contributed by atoms with Gasteiger partial charge < -0.3 is 9.84 Å². The van der Waals surface area contributed by atoms with Crippen LogP contribution in [0.1, 0.15) is 36.5 Å². The van der Waals surface area contributed by atoms with Crippen LogP contribution in [0.4, 0.5) is 0 Å². The lowest BCUT2D eigenvalue weighted by Gasteiger charge is -2.14. The molecule has 0 saturated heterocycles.